The van der Waals surface area contributed by atoms with Crippen molar-refractivity contribution < 1.29 is 19.3 Å². The molecule has 19 heavy (non-hydrogen) atoms. The van der Waals surface area contributed by atoms with E-state index in [0.717, 1.165) is 11.3 Å². The maximum absolute atomic E-state index is 10.1. The lowest BCUT2D eigenvalue weighted by Crippen LogP contribution is -2.34. The van der Waals surface area contributed by atoms with Gasteiger partial charge in [-0.1, -0.05) is 0 Å². The predicted molar refractivity (Wildman–Crippen MR) is 72.7 cm³/mol. The Morgan fingerprint density at radius 3 is 2.89 bits per heavy atom. The Kier molecular flexibility index (Phi) is 4.02. The summed E-state index contributed by atoms with van der Waals surface area (Å²) in [6.45, 7) is 6.38. The molecule has 0 bridgehead atoms. The largest absolute Gasteiger partial charge is 0.491 e. The molecule has 4 heteroatoms. The first kappa shape index (κ1) is 14.2. The van der Waals surface area contributed by atoms with Gasteiger partial charge in [0.25, 0.3) is 0 Å². The quantitative estimate of drug-likeness (QED) is 0.910. The third-order valence-electron chi connectivity index (χ3n) is 3.30. The number of fused-ring (bicyclic) bond motifs is 1. The Morgan fingerprint density at radius 2 is 2.21 bits per heavy atom. The SMILES string of the molecule is COC(C)COc1ccc2c(c1)OC(C)(C)CC2O. The first-order chi connectivity index (χ1) is 8.91. The van der Waals surface area contributed by atoms with Gasteiger partial charge in [-0.3, -0.25) is 0 Å². The van der Waals surface area contributed by atoms with Gasteiger partial charge in [-0.2, -0.15) is 0 Å². The van der Waals surface area contributed by atoms with E-state index in [4.69, 9.17) is 14.2 Å². The number of hydrogen-bond acceptors (Lipinski definition) is 4. The fraction of sp³-hybridized carbons (Fsp3) is 0.600. The zero-order valence-electron chi connectivity index (χ0n) is 12.0. The number of ether oxygens (including phenoxy) is 3. The molecule has 106 valence electrons. The molecule has 1 aromatic rings. The van der Waals surface area contributed by atoms with E-state index in [1.807, 2.05) is 39.0 Å². The summed E-state index contributed by atoms with van der Waals surface area (Å²) < 4.78 is 16.7. The third-order valence-corrected chi connectivity index (χ3v) is 3.30. The van der Waals surface area contributed by atoms with Crippen LogP contribution in [0, 0.1) is 0 Å². The summed E-state index contributed by atoms with van der Waals surface area (Å²) in [5, 5.41) is 10.1. The summed E-state index contributed by atoms with van der Waals surface area (Å²) in [6, 6.07) is 5.55. The van der Waals surface area contributed by atoms with E-state index in [2.05, 4.69) is 0 Å². The molecule has 0 amide bonds. The zero-order chi connectivity index (χ0) is 14.0. The van der Waals surface area contributed by atoms with Gasteiger partial charge in [0.05, 0.1) is 12.2 Å². The summed E-state index contributed by atoms with van der Waals surface area (Å²) >= 11 is 0. The zero-order valence-corrected chi connectivity index (χ0v) is 12.0. The van der Waals surface area contributed by atoms with Crippen molar-refractivity contribution in [2.75, 3.05) is 13.7 Å². The van der Waals surface area contributed by atoms with Gasteiger partial charge in [0.1, 0.15) is 23.7 Å². The van der Waals surface area contributed by atoms with Crippen LogP contribution in [0.15, 0.2) is 18.2 Å². The topological polar surface area (TPSA) is 47.9 Å². The second-order valence-corrected chi connectivity index (χ2v) is 5.64. The molecule has 1 N–H and O–H groups in total. The Hall–Kier alpha value is -1.26. The molecule has 0 aliphatic carbocycles. The Labute approximate surface area is 114 Å². The summed E-state index contributed by atoms with van der Waals surface area (Å²) in [4.78, 5) is 0. The Morgan fingerprint density at radius 1 is 1.47 bits per heavy atom. The predicted octanol–water partition coefficient (Wildman–Crippen LogP) is 2.69. The molecule has 0 aromatic heterocycles. The van der Waals surface area contributed by atoms with Gasteiger partial charge in [0, 0.05) is 25.2 Å². The van der Waals surface area contributed by atoms with Gasteiger partial charge in [0.15, 0.2) is 0 Å². The second kappa shape index (κ2) is 5.39. The molecule has 2 rings (SSSR count). The van der Waals surface area contributed by atoms with E-state index in [-0.39, 0.29) is 11.7 Å². The molecule has 1 heterocycles. The molecule has 2 unspecified atom stereocenters. The molecule has 1 aliphatic rings. The van der Waals surface area contributed by atoms with E-state index < -0.39 is 6.10 Å². The van der Waals surface area contributed by atoms with Crippen LogP contribution in [0.2, 0.25) is 0 Å². The molecule has 4 nitrogen and oxygen atoms in total. The third kappa shape index (κ3) is 3.39. The van der Waals surface area contributed by atoms with Gasteiger partial charge in [0.2, 0.25) is 0 Å². The standard InChI is InChI=1S/C15H22O4/c1-10(17-4)9-18-11-5-6-12-13(16)8-15(2,3)19-14(12)7-11/h5-7,10,13,16H,8-9H2,1-4H3. The lowest BCUT2D eigenvalue weighted by Gasteiger charge is -2.35. The summed E-state index contributed by atoms with van der Waals surface area (Å²) in [7, 11) is 1.66. The highest BCUT2D eigenvalue weighted by atomic mass is 16.5. The molecule has 1 aromatic carbocycles. The average molecular weight is 266 g/mol. The number of benzene rings is 1. The van der Waals surface area contributed by atoms with Crippen molar-refractivity contribution in [1.29, 1.82) is 0 Å². The van der Waals surface area contributed by atoms with Crippen LogP contribution in [-0.2, 0) is 4.74 Å². The maximum atomic E-state index is 10.1. The van der Waals surface area contributed by atoms with Crippen molar-refractivity contribution in [1.82, 2.24) is 0 Å². The number of aliphatic hydroxyl groups is 1. The van der Waals surface area contributed by atoms with Crippen molar-refractivity contribution in [3.8, 4) is 11.5 Å². The van der Waals surface area contributed by atoms with Crippen LogP contribution < -0.4 is 9.47 Å². The van der Waals surface area contributed by atoms with Crippen molar-refractivity contribution in [2.24, 2.45) is 0 Å². The van der Waals surface area contributed by atoms with Gasteiger partial charge in [-0.15, -0.1) is 0 Å². The van der Waals surface area contributed by atoms with E-state index in [1.165, 1.54) is 0 Å². The van der Waals surface area contributed by atoms with Crippen molar-refractivity contribution >= 4 is 0 Å². The summed E-state index contributed by atoms with van der Waals surface area (Å²) in [5.41, 5.74) is 0.469. The first-order valence-corrected chi connectivity index (χ1v) is 6.58. The van der Waals surface area contributed by atoms with E-state index >= 15 is 0 Å². The van der Waals surface area contributed by atoms with Crippen LogP contribution in [-0.4, -0.2) is 30.5 Å². The lowest BCUT2D eigenvalue weighted by molar-refractivity contribution is 0.0110. The molecule has 0 spiro atoms. The van der Waals surface area contributed by atoms with Crippen molar-refractivity contribution in [3.05, 3.63) is 23.8 Å². The van der Waals surface area contributed by atoms with Crippen LogP contribution in [0.3, 0.4) is 0 Å². The fourth-order valence-corrected chi connectivity index (χ4v) is 2.16. The van der Waals surface area contributed by atoms with Gasteiger partial charge in [-0.05, 0) is 32.9 Å². The number of hydrogen-bond donors (Lipinski definition) is 1. The molecular weight excluding hydrogens is 244 g/mol. The van der Waals surface area contributed by atoms with Crippen LogP contribution >= 0.6 is 0 Å². The van der Waals surface area contributed by atoms with Gasteiger partial charge >= 0.3 is 0 Å². The molecule has 1 aliphatic heterocycles. The van der Waals surface area contributed by atoms with E-state index in [0.29, 0.717) is 18.8 Å². The fourth-order valence-electron chi connectivity index (χ4n) is 2.16. The van der Waals surface area contributed by atoms with Gasteiger partial charge in [-0.25, -0.2) is 0 Å². The maximum Gasteiger partial charge on any atom is 0.129 e. The van der Waals surface area contributed by atoms with Crippen LogP contribution in [0.1, 0.15) is 38.9 Å². The van der Waals surface area contributed by atoms with E-state index in [1.54, 1.807) is 7.11 Å². The van der Waals surface area contributed by atoms with Gasteiger partial charge < -0.3 is 19.3 Å². The van der Waals surface area contributed by atoms with Crippen molar-refractivity contribution in [2.45, 2.75) is 45.0 Å². The minimum Gasteiger partial charge on any atom is -0.491 e. The average Bonchev–Trinajstić information content (AvgIpc) is 2.33. The highest BCUT2D eigenvalue weighted by molar-refractivity contribution is 5.43. The second-order valence-electron chi connectivity index (χ2n) is 5.64. The highest BCUT2D eigenvalue weighted by Gasteiger charge is 2.32. The van der Waals surface area contributed by atoms with Crippen molar-refractivity contribution in [3.63, 3.8) is 0 Å². The minimum absolute atomic E-state index is 0.0407. The Bertz CT molecular complexity index is 442. The molecular formula is C15H22O4. The molecule has 0 saturated carbocycles. The number of aliphatic hydroxyl groups excluding tert-OH is 1. The molecule has 0 fully saturated rings. The number of methoxy groups -OCH3 is 1. The molecule has 2 atom stereocenters. The Balaban J connectivity index is 2.14. The first-order valence-electron chi connectivity index (χ1n) is 6.58. The number of rotatable bonds is 4. The normalized spacial score (nSPS) is 22.3. The highest BCUT2D eigenvalue weighted by Crippen LogP contribution is 2.40. The summed E-state index contributed by atoms with van der Waals surface area (Å²) in [6.07, 6.45) is 0.158. The monoisotopic (exact) mass is 266 g/mol. The summed E-state index contributed by atoms with van der Waals surface area (Å²) in [5.74, 6) is 1.43. The van der Waals surface area contributed by atoms with Crippen LogP contribution in [0.25, 0.3) is 0 Å². The molecule has 0 radical (unpaired) electrons. The minimum atomic E-state index is -0.481. The van der Waals surface area contributed by atoms with Crippen LogP contribution in [0.4, 0.5) is 0 Å². The van der Waals surface area contributed by atoms with Crippen LogP contribution in [0.5, 0.6) is 11.5 Å². The molecule has 0 saturated heterocycles. The smallest absolute Gasteiger partial charge is 0.129 e. The van der Waals surface area contributed by atoms with E-state index in [9.17, 15) is 5.11 Å². The lowest BCUT2D eigenvalue weighted by atomic mass is 9.92.